The quantitative estimate of drug-likeness (QED) is 0.635. The number of aryl methyl sites for hydroxylation is 1. The summed E-state index contributed by atoms with van der Waals surface area (Å²) in [4.78, 5) is 41.0. The van der Waals surface area contributed by atoms with Gasteiger partial charge >= 0.3 is 5.97 Å². The third-order valence-electron chi connectivity index (χ3n) is 6.14. The molecule has 2 amide bonds. The summed E-state index contributed by atoms with van der Waals surface area (Å²) in [7, 11) is 1.31. The number of methoxy groups -OCH3 is 1. The van der Waals surface area contributed by atoms with Crippen LogP contribution >= 0.6 is 0 Å². The molecule has 1 aliphatic rings. The second kappa shape index (κ2) is 11.0. The third kappa shape index (κ3) is 5.63. The van der Waals surface area contributed by atoms with Gasteiger partial charge in [-0.25, -0.2) is 0 Å². The number of rotatable bonds is 7. The molecule has 3 rings (SSSR count). The maximum absolute atomic E-state index is 13.4. The van der Waals surface area contributed by atoms with Crippen LogP contribution in [-0.4, -0.2) is 35.8 Å². The fourth-order valence-corrected chi connectivity index (χ4v) is 4.42. The molecule has 0 radical (unpaired) electrons. The minimum Gasteiger partial charge on any atom is -0.469 e. The standard InChI is InChI=1S/C27H31N3O4/c1-17(2)13-24(31)30-23(26(32)29-16-20-7-5-18(3)6-8-20)14-22(27(33)34-4)25(30)21-11-9-19(15-28)10-12-21/h5-12,17,22-23,25H,13-14,16H2,1-4H3,(H,29,32). The van der Waals surface area contributed by atoms with Crippen LogP contribution < -0.4 is 5.32 Å². The Hall–Kier alpha value is -3.66. The van der Waals surface area contributed by atoms with Gasteiger partial charge in [-0.2, -0.15) is 5.26 Å². The number of nitriles is 1. The molecule has 2 aromatic carbocycles. The molecule has 1 heterocycles. The summed E-state index contributed by atoms with van der Waals surface area (Å²) in [5, 5.41) is 12.1. The van der Waals surface area contributed by atoms with E-state index in [0.717, 1.165) is 11.1 Å². The van der Waals surface area contributed by atoms with E-state index in [9.17, 15) is 14.4 Å². The number of hydrogen-bond acceptors (Lipinski definition) is 5. The van der Waals surface area contributed by atoms with Gasteiger partial charge in [-0.05, 0) is 42.5 Å². The molecule has 7 heteroatoms. The van der Waals surface area contributed by atoms with Gasteiger partial charge in [0.2, 0.25) is 11.8 Å². The number of benzene rings is 2. The van der Waals surface area contributed by atoms with Gasteiger partial charge in [-0.15, -0.1) is 0 Å². The molecular formula is C27H31N3O4. The number of esters is 1. The molecule has 0 spiro atoms. The Morgan fingerprint density at radius 1 is 1.12 bits per heavy atom. The van der Waals surface area contributed by atoms with Gasteiger partial charge < -0.3 is 15.0 Å². The second-order valence-electron chi connectivity index (χ2n) is 9.16. The largest absolute Gasteiger partial charge is 0.469 e. The number of carbonyl (C=O) groups excluding carboxylic acids is 3. The van der Waals surface area contributed by atoms with E-state index in [1.54, 1.807) is 29.2 Å². The molecule has 34 heavy (non-hydrogen) atoms. The Kier molecular flexibility index (Phi) is 8.06. The van der Waals surface area contributed by atoms with Gasteiger partial charge in [0.25, 0.3) is 0 Å². The van der Waals surface area contributed by atoms with Crippen LogP contribution in [0.2, 0.25) is 0 Å². The van der Waals surface area contributed by atoms with Crippen molar-refractivity contribution in [2.24, 2.45) is 11.8 Å². The van der Waals surface area contributed by atoms with Crippen molar-refractivity contribution in [1.82, 2.24) is 10.2 Å². The van der Waals surface area contributed by atoms with Crippen molar-refractivity contribution >= 4 is 17.8 Å². The fraction of sp³-hybridized carbons (Fsp3) is 0.407. The molecule has 0 aromatic heterocycles. The molecule has 3 unspecified atom stereocenters. The average Bonchev–Trinajstić information content (AvgIpc) is 3.23. The lowest BCUT2D eigenvalue weighted by atomic mass is 9.92. The predicted octanol–water partition coefficient (Wildman–Crippen LogP) is 3.66. The molecule has 0 saturated carbocycles. The highest BCUT2D eigenvalue weighted by atomic mass is 16.5. The average molecular weight is 462 g/mol. The lowest BCUT2D eigenvalue weighted by Gasteiger charge is -2.32. The lowest BCUT2D eigenvalue weighted by molar-refractivity contribution is -0.147. The van der Waals surface area contributed by atoms with E-state index in [1.165, 1.54) is 7.11 Å². The van der Waals surface area contributed by atoms with E-state index >= 15 is 0 Å². The topological polar surface area (TPSA) is 99.5 Å². The van der Waals surface area contributed by atoms with E-state index in [-0.39, 0.29) is 30.6 Å². The highest BCUT2D eigenvalue weighted by molar-refractivity contribution is 5.91. The van der Waals surface area contributed by atoms with Crippen LogP contribution in [0.3, 0.4) is 0 Å². The molecule has 2 aromatic rings. The fourth-order valence-electron chi connectivity index (χ4n) is 4.42. The Balaban J connectivity index is 1.94. The first kappa shape index (κ1) is 25.0. The first-order valence-electron chi connectivity index (χ1n) is 11.5. The van der Waals surface area contributed by atoms with Gasteiger partial charge in [-0.1, -0.05) is 55.8 Å². The van der Waals surface area contributed by atoms with Gasteiger partial charge in [0.05, 0.1) is 30.7 Å². The van der Waals surface area contributed by atoms with Crippen LogP contribution in [0.4, 0.5) is 0 Å². The van der Waals surface area contributed by atoms with Crippen molar-refractivity contribution in [1.29, 1.82) is 5.26 Å². The van der Waals surface area contributed by atoms with Crippen molar-refractivity contribution in [3.8, 4) is 6.07 Å². The number of carbonyl (C=O) groups is 3. The van der Waals surface area contributed by atoms with E-state index in [4.69, 9.17) is 10.00 Å². The number of ether oxygens (including phenoxy) is 1. The number of hydrogen-bond donors (Lipinski definition) is 1. The summed E-state index contributed by atoms with van der Waals surface area (Å²) in [6.07, 6.45) is 0.420. The minimum absolute atomic E-state index is 0.0857. The molecule has 1 fully saturated rings. The van der Waals surface area contributed by atoms with Gasteiger partial charge in [0, 0.05) is 13.0 Å². The number of likely N-dealkylation sites (tertiary alicyclic amines) is 1. The van der Waals surface area contributed by atoms with Crippen molar-refractivity contribution in [3.63, 3.8) is 0 Å². The Labute approximate surface area is 200 Å². The van der Waals surface area contributed by atoms with Crippen LogP contribution in [0, 0.1) is 30.1 Å². The number of nitrogens with zero attached hydrogens (tertiary/aromatic N) is 2. The SMILES string of the molecule is COC(=O)C1CC(C(=O)NCc2ccc(C)cc2)N(C(=O)CC(C)C)C1c1ccc(C#N)cc1. The minimum atomic E-state index is -0.804. The van der Waals surface area contributed by atoms with Gasteiger partial charge in [0.1, 0.15) is 6.04 Å². The summed E-state index contributed by atoms with van der Waals surface area (Å²) in [6, 6.07) is 15.2. The van der Waals surface area contributed by atoms with Crippen LogP contribution in [0.15, 0.2) is 48.5 Å². The first-order chi connectivity index (χ1) is 16.2. The van der Waals surface area contributed by atoms with E-state index < -0.39 is 24.0 Å². The number of nitrogens with one attached hydrogen (secondary N) is 1. The third-order valence-corrected chi connectivity index (χ3v) is 6.14. The lowest BCUT2D eigenvalue weighted by Crippen LogP contribution is -2.47. The van der Waals surface area contributed by atoms with Crippen molar-refractivity contribution in [3.05, 3.63) is 70.8 Å². The molecule has 178 valence electrons. The van der Waals surface area contributed by atoms with Gasteiger partial charge in [-0.3, -0.25) is 14.4 Å². The Morgan fingerprint density at radius 3 is 2.32 bits per heavy atom. The molecule has 0 bridgehead atoms. The molecule has 1 N–H and O–H groups in total. The zero-order valence-corrected chi connectivity index (χ0v) is 20.1. The zero-order chi connectivity index (χ0) is 24.8. The maximum atomic E-state index is 13.4. The van der Waals surface area contributed by atoms with Crippen molar-refractivity contribution < 1.29 is 19.1 Å². The van der Waals surface area contributed by atoms with Crippen LogP contribution in [0.1, 0.15) is 55.0 Å². The predicted molar refractivity (Wildman–Crippen MR) is 127 cm³/mol. The molecule has 7 nitrogen and oxygen atoms in total. The van der Waals surface area contributed by atoms with E-state index in [2.05, 4.69) is 11.4 Å². The Morgan fingerprint density at radius 2 is 1.76 bits per heavy atom. The van der Waals surface area contributed by atoms with E-state index in [0.29, 0.717) is 17.7 Å². The van der Waals surface area contributed by atoms with Crippen LogP contribution in [0.25, 0.3) is 0 Å². The van der Waals surface area contributed by atoms with Crippen LogP contribution in [-0.2, 0) is 25.7 Å². The highest BCUT2D eigenvalue weighted by Gasteiger charge is 2.50. The molecule has 1 aliphatic heterocycles. The normalized spacial score (nSPS) is 19.5. The van der Waals surface area contributed by atoms with Crippen molar-refractivity contribution in [2.45, 2.75) is 52.2 Å². The second-order valence-corrected chi connectivity index (χ2v) is 9.16. The molecule has 0 aliphatic carbocycles. The molecular weight excluding hydrogens is 430 g/mol. The number of amides is 2. The van der Waals surface area contributed by atoms with E-state index in [1.807, 2.05) is 45.0 Å². The summed E-state index contributed by atoms with van der Waals surface area (Å²) >= 11 is 0. The van der Waals surface area contributed by atoms with Crippen molar-refractivity contribution in [2.75, 3.05) is 7.11 Å². The monoisotopic (exact) mass is 461 g/mol. The maximum Gasteiger partial charge on any atom is 0.311 e. The first-order valence-corrected chi connectivity index (χ1v) is 11.5. The van der Waals surface area contributed by atoms with Crippen LogP contribution in [0.5, 0.6) is 0 Å². The zero-order valence-electron chi connectivity index (χ0n) is 20.1. The summed E-state index contributed by atoms with van der Waals surface area (Å²) < 4.78 is 5.05. The Bertz CT molecular complexity index is 1070. The summed E-state index contributed by atoms with van der Waals surface area (Å²) in [6.45, 7) is 6.20. The molecule has 3 atom stereocenters. The highest BCUT2D eigenvalue weighted by Crippen LogP contribution is 2.42. The summed E-state index contributed by atoms with van der Waals surface area (Å²) in [5.41, 5.74) is 3.25. The summed E-state index contributed by atoms with van der Waals surface area (Å²) in [5.74, 6) is -1.56. The van der Waals surface area contributed by atoms with Gasteiger partial charge in [0.15, 0.2) is 0 Å². The smallest absolute Gasteiger partial charge is 0.311 e. The molecule has 1 saturated heterocycles.